The summed E-state index contributed by atoms with van der Waals surface area (Å²) in [6.07, 6.45) is -4.72. The summed E-state index contributed by atoms with van der Waals surface area (Å²) in [5, 5.41) is 6.20. The van der Waals surface area contributed by atoms with Crippen LogP contribution in [0.3, 0.4) is 0 Å². The second kappa shape index (κ2) is 6.94. The highest BCUT2D eigenvalue weighted by molar-refractivity contribution is 7.80. The molecule has 1 aromatic carbocycles. The Morgan fingerprint density at radius 3 is 2.50 bits per heavy atom. The minimum Gasteiger partial charge on any atom is -0.350 e. The number of nitrogens with one attached hydrogen (secondary N) is 1. The SMILES string of the molecule is O=C(NCCS)c1cc2nc(-c3ccc(F)cc3)cc(C(F)(F)F)n2n1. The third-order valence-corrected chi connectivity index (χ3v) is 3.71. The molecule has 0 radical (unpaired) electrons. The van der Waals surface area contributed by atoms with Crippen LogP contribution in [0.1, 0.15) is 16.2 Å². The van der Waals surface area contributed by atoms with E-state index < -0.39 is 23.6 Å². The number of rotatable bonds is 4. The quantitative estimate of drug-likeness (QED) is 0.537. The van der Waals surface area contributed by atoms with Crippen molar-refractivity contribution in [3.05, 3.63) is 53.6 Å². The normalized spacial score (nSPS) is 11.7. The average Bonchev–Trinajstić information content (AvgIpc) is 3.02. The van der Waals surface area contributed by atoms with E-state index in [9.17, 15) is 22.4 Å². The number of aromatic nitrogens is 3. The first-order valence-electron chi connectivity index (χ1n) is 7.42. The number of nitrogens with zero attached hydrogens (tertiary/aromatic N) is 3. The maximum absolute atomic E-state index is 13.4. The number of alkyl halides is 3. The van der Waals surface area contributed by atoms with E-state index >= 15 is 0 Å². The molecule has 0 fully saturated rings. The lowest BCUT2D eigenvalue weighted by Crippen LogP contribution is -2.25. The van der Waals surface area contributed by atoms with Crippen LogP contribution in [0.4, 0.5) is 17.6 Å². The summed E-state index contributed by atoms with van der Waals surface area (Å²) in [5.74, 6) is -0.765. The zero-order valence-corrected chi connectivity index (χ0v) is 14.0. The number of fused-ring (bicyclic) bond motifs is 1. The van der Waals surface area contributed by atoms with E-state index in [1.54, 1.807) is 0 Å². The Balaban J connectivity index is 2.14. The van der Waals surface area contributed by atoms with E-state index in [2.05, 4.69) is 28.0 Å². The lowest BCUT2D eigenvalue weighted by Gasteiger charge is -2.11. The highest BCUT2D eigenvalue weighted by Gasteiger charge is 2.35. The fraction of sp³-hybridized carbons (Fsp3) is 0.188. The van der Waals surface area contributed by atoms with Gasteiger partial charge in [-0.3, -0.25) is 4.79 Å². The van der Waals surface area contributed by atoms with Crippen LogP contribution in [0.25, 0.3) is 16.9 Å². The van der Waals surface area contributed by atoms with Crippen molar-refractivity contribution >= 4 is 24.2 Å². The molecule has 0 unspecified atom stereocenters. The molecule has 136 valence electrons. The Kier molecular flexibility index (Phi) is 4.86. The van der Waals surface area contributed by atoms with Gasteiger partial charge in [-0.2, -0.15) is 30.9 Å². The van der Waals surface area contributed by atoms with Crippen LogP contribution in [-0.2, 0) is 6.18 Å². The van der Waals surface area contributed by atoms with Crippen LogP contribution >= 0.6 is 12.6 Å². The Labute approximate surface area is 150 Å². The summed E-state index contributed by atoms with van der Waals surface area (Å²) in [5.41, 5.74) is -1.13. The summed E-state index contributed by atoms with van der Waals surface area (Å²) >= 11 is 3.94. The summed E-state index contributed by atoms with van der Waals surface area (Å²) in [6.45, 7) is 0.246. The minimum atomic E-state index is -4.72. The molecule has 0 saturated carbocycles. The van der Waals surface area contributed by atoms with Crippen molar-refractivity contribution < 1.29 is 22.4 Å². The van der Waals surface area contributed by atoms with Gasteiger partial charge in [-0.1, -0.05) is 0 Å². The zero-order chi connectivity index (χ0) is 18.9. The van der Waals surface area contributed by atoms with Gasteiger partial charge in [0.1, 0.15) is 5.82 Å². The maximum atomic E-state index is 13.4. The first-order valence-corrected chi connectivity index (χ1v) is 8.06. The standard InChI is InChI=1S/C16H12F4N4OS/c17-10-3-1-9(2-4-10)11-7-13(16(18,19)20)24-14(22-11)8-12(23-24)15(25)21-5-6-26/h1-4,7-8,26H,5-6H2,(H,21,25). The second-order valence-electron chi connectivity index (χ2n) is 5.31. The molecular weight excluding hydrogens is 372 g/mol. The van der Waals surface area contributed by atoms with Gasteiger partial charge in [0.2, 0.25) is 0 Å². The summed E-state index contributed by atoms with van der Waals surface area (Å²) < 4.78 is 53.9. The fourth-order valence-electron chi connectivity index (χ4n) is 2.32. The Hall–Kier alpha value is -2.62. The van der Waals surface area contributed by atoms with E-state index in [0.717, 1.165) is 24.3 Å². The topological polar surface area (TPSA) is 59.3 Å². The van der Waals surface area contributed by atoms with Crippen LogP contribution in [0.15, 0.2) is 36.4 Å². The first kappa shape index (κ1) is 18.2. The molecule has 0 atom stereocenters. The first-order chi connectivity index (χ1) is 12.3. The van der Waals surface area contributed by atoms with Crippen LogP contribution in [0, 0.1) is 5.82 Å². The van der Waals surface area contributed by atoms with E-state index in [0.29, 0.717) is 15.8 Å². The molecule has 2 aromatic heterocycles. The largest absolute Gasteiger partial charge is 0.433 e. The molecule has 0 bridgehead atoms. The van der Waals surface area contributed by atoms with E-state index in [4.69, 9.17) is 0 Å². The molecule has 0 aliphatic carbocycles. The Morgan fingerprint density at radius 2 is 1.88 bits per heavy atom. The lowest BCUT2D eigenvalue weighted by atomic mass is 10.1. The molecule has 0 aliphatic heterocycles. The second-order valence-corrected chi connectivity index (χ2v) is 5.76. The van der Waals surface area contributed by atoms with Gasteiger partial charge in [0.25, 0.3) is 5.91 Å². The third-order valence-electron chi connectivity index (χ3n) is 3.49. The van der Waals surface area contributed by atoms with Crippen LogP contribution in [0.5, 0.6) is 0 Å². The van der Waals surface area contributed by atoms with Crippen LogP contribution in [0.2, 0.25) is 0 Å². The van der Waals surface area contributed by atoms with E-state index in [-0.39, 0.29) is 23.6 Å². The van der Waals surface area contributed by atoms with E-state index in [1.165, 1.54) is 12.1 Å². The molecule has 1 N–H and O–H groups in total. The third kappa shape index (κ3) is 3.64. The predicted molar refractivity (Wildman–Crippen MR) is 89.6 cm³/mol. The monoisotopic (exact) mass is 384 g/mol. The smallest absolute Gasteiger partial charge is 0.350 e. The minimum absolute atomic E-state index is 0.00737. The van der Waals surface area contributed by atoms with Crippen LogP contribution in [-0.4, -0.2) is 32.8 Å². The van der Waals surface area contributed by atoms with Crippen molar-refractivity contribution in [2.45, 2.75) is 6.18 Å². The molecule has 0 spiro atoms. The van der Waals surface area contributed by atoms with Gasteiger partial charge in [-0.25, -0.2) is 13.9 Å². The van der Waals surface area contributed by atoms with E-state index in [1.807, 2.05) is 0 Å². The van der Waals surface area contributed by atoms with Crippen molar-refractivity contribution in [1.82, 2.24) is 19.9 Å². The van der Waals surface area contributed by atoms with Crippen LogP contribution < -0.4 is 5.32 Å². The van der Waals surface area contributed by atoms with Crippen molar-refractivity contribution in [2.75, 3.05) is 12.3 Å². The number of thiol groups is 1. The number of benzene rings is 1. The van der Waals surface area contributed by atoms with Gasteiger partial charge in [-0.15, -0.1) is 0 Å². The Morgan fingerprint density at radius 1 is 1.19 bits per heavy atom. The van der Waals surface area contributed by atoms with Gasteiger partial charge >= 0.3 is 6.18 Å². The van der Waals surface area contributed by atoms with Gasteiger partial charge in [0, 0.05) is 23.9 Å². The maximum Gasteiger partial charge on any atom is 0.433 e. The highest BCUT2D eigenvalue weighted by atomic mass is 32.1. The molecule has 1 amide bonds. The fourth-order valence-corrected chi connectivity index (χ4v) is 2.43. The van der Waals surface area contributed by atoms with Crippen molar-refractivity contribution in [1.29, 1.82) is 0 Å². The molecule has 2 heterocycles. The number of hydrogen-bond acceptors (Lipinski definition) is 4. The molecule has 5 nitrogen and oxygen atoms in total. The van der Waals surface area contributed by atoms with Gasteiger partial charge in [0.15, 0.2) is 17.0 Å². The predicted octanol–water partition coefficient (Wildman–Crippen LogP) is 3.21. The number of carbonyl (C=O) groups excluding carboxylic acids is 1. The molecule has 0 aliphatic rings. The van der Waals surface area contributed by atoms with Crippen molar-refractivity contribution in [2.24, 2.45) is 0 Å². The molecule has 0 saturated heterocycles. The lowest BCUT2D eigenvalue weighted by molar-refractivity contribution is -0.142. The molecule has 3 aromatic rings. The van der Waals surface area contributed by atoms with Gasteiger partial charge in [-0.05, 0) is 30.3 Å². The number of halogens is 4. The van der Waals surface area contributed by atoms with Crippen molar-refractivity contribution in [3.8, 4) is 11.3 Å². The number of amides is 1. The van der Waals surface area contributed by atoms with Gasteiger partial charge in [0.05, 0.1) is 5.69 Å². The number of hydrogen-bond donors (Lipinski definition) is 2. The molecule has 10 heteroatoms. The molecule has 3 rings (SSSR count). The summed E-state index contributed by atoms with van der Waals surface area (Å²) in [6, 6.07) is 6.87. The number of carbonyl (C=O) groups is 1. The summed E-state index contributed by atoms with van der Waals surface area (Å²) in [4.78, 5) is 16.1. The zero-order valence-electron chi connectivity index (χ0n) is 13.1. The average molecular weight is 384 g/mol. The van der Waals surface area contributed by atoms with Crippen molar-refractivity contribution in [3.63, 3.8) is 0 Å². The summed E-state index contributed by atoms with van der Waals surface area (Å²) in [7, 11) is 0. The molecular formula is C16H12F4N4OS. The molecule has 26 heavy (non-hydrogen) atoms. The van der Waals surface area contributed by atoms with Gasteiger partial charge < -0.3 is 5.32 Å². The highest BCUT2D eigenvalue weighted by Crippen LogP contribution is 2.32. The Bertz CT molecular complexity index is 953.